The number of benzene rings is 2. The Balaban J connectivity index is 1.62. The second-order valence-corrected chi connectivity index (χ2v) is 5.59. The highest BCUT2D eigenvalue weighted by molar-refractivity contribution is 5.39. The zero-order valence-electron chi connectivity index (χ0n) is 12.1. The summed E-state index contributed by atoms with van der Waals surface area (Å²) in [7, 11) is 0. The molecule has 0 saturated carbocycles. The topological polar surface area (TPSA) is 21.3 Å². The number of aryl methyl sites for hydroxylation is 1. The van der Waals surface area contributed by atoms with Crippen molar-refractivity contribution in [3.63, 3.8) is 0 Å². The second kappa shape index (κ2) is 5.68. The van der Waals surface area contributed by atoms with E-state index in [1.54, 1.807) is 0 Å². The van der Waals surface area contributed by atoms with E-state index in [-0.39, 0.29) is 0 Å². The molecule has 2 aromatic carbocycles. The number of ether oxygens (including phenoxy) is 1. The summed E-state index contributed by atoms with van der Waals surface area (Å²) in [6.07, 6.45) is 0. The van der Waals surface area contributed by atoms with Gasteiger partial charge in [-0.2, -0.15) is 0 Å². The minimum atomic E-state index is 0.364. The standard InChI is InChI=1S/C18H21NO/c1-13-7-9-15(10-8-13)14(2)19-11-16-12-20-18-6-4-3-5-17(16)18/h3-10,14,16,19H,11-12H2,1-2H3/t14-,16?/m1/s1. The summed E-state index contributed by atoms with van der Waals surface area (Å²) in [5, 5.41) is 3.62. The van der Waals surface area contributed by atoms with Gasteiger partial charge in [0.15, 0.2) is 0 Å². The van der Waals surface area contributed by atoms with Crippen molar-refractivity contribution in [3.8, 4) is 5.75 Å². The van der Waals surface area contributed by atoms with Crippen molar-refractivity contribution in [2.24, 2.45) is 0 Å². The highest BCUT2D eigenvalue weighted by atomic mass is 16.5. The molecule has 1 aliphatic heterocycles. The van der Waals surface area contributed by atoms with Crippen LogP contribution in [-0.2, 0) is 0 Å². The van der Waals surface area contributed by atoms with Crippen molar-refractivity contribution in [3.05, 3.63) is 65.2 Å². The average Bonchev–Trinajstić information content (AvgIpc) is 2.89. The Kier molecular flexibility index (Phi) is 3.75. The van der Waals surface area contributed by atoms with Gasteiger partial charge in [-0.1, -0.05) is 48.0 Å². The summed E-state index contributed by atoms with van der Waals surface area (Å²) in [6.45, 7) is 6.07. The molecule has 1 unspecified atom stereocenters. The highest BCUT2D eigenvalue weighted by Gasteiger charge is 2.23. The van der Waals surface area contributed by atoms with Gasteiger partial charge in [-0.3, -0.25) is 0 Å². The largest absolute Gasteiger partial charge is 0.493 e. The molecule has 1 heterocycles. The number of para-hydroxylation sites is 1. The van der Waals surface area contributed by atoms with Crippen LogP contribution in [0.25, 0.3) is 0 Å². The number of nitrogens with one attached hydrogen (secondary N) is 1. The average molecular weight is 267 g/mol. The van der Waals surface area contributed by atoms with Crippen LogP contribution >= 0.6 is 0 Å². The van der Waals surface area contributed by atoms with Gasteiger partial charge in [-0.15, -0.1) is 0 Å². The molecule has 0 radical (unpaired) electrons. The molecule has 0 fully saturated rings. The molecular weight excluding hydrogens is 246 g/mol. The molecule has 1 N–H and O–H groups in total. The van der Waals surface area contributed by atoms with E-state index in [4.69, 9.17) is 4.74 Å². The molecule has 104 valence electrons. The maximum absolute atomic E-state index is 5.72. The summed E-state index contributed by atoms with van der Waals surface area (Å²) >= 11 is 0. The van der Waals surface area contributed by atoms with Crippen molar-refractivity contribution in [2.45, 2.75) is 25.8 Å². The minimum Gasteiger partial charge on any atom is -0.493 e. The van der Waals surface area contributed by atoms with Gasteiger partial charge < -0.3 is 10.1 Å². The summed E-state index contributed by atoms with van der Waals surface area (Å²) in [5.74, 6) is 1.50. The van der Waals surface area contributed by atoms with Gasteiger partial charge in [-0.25, -0.2) is 0 Å². The van der Waals surface area contributed by atoms with Gasteiger partial charge in [0, 0.05) is 24.1 Å². The van der Waals surface area contributed by atoms with Gasteiger partial charge >= 0.3 is 0 Å². The maximum Gasteiger partial charge on any atom is 0.122 e. The molecule has 2 nitrogen and oxygen atoms in total. The zero-order chi connectivity index (χ0) is 13.9. The van der Waals surface area contributed by atoms with E-state index in [9.17, 15) is 0 Å². The smallest absolute Gasteiger partial charge is 0.122 e. The quantitative estimate of drug-likeness (QED) is 0.909. The fourth-order valence-corrected chi connectivity index (χ4v) is 2.69. The third-order valence-electron chi connectivity index (χ3n) is 4.05. The van der Waals surface area contributed by atoms with Gasteiger partial charge in [0.1, 0.15) is 5.75 Å². The molecule has 0 amide bonds. The van der Waals surface area contributed by atoms with Crippen molar-refractivity contribution < 1.29 is 4.74 Å². The molecule has 2 atom stereocenters. The zero-order valence-corrected chi connectivity index (χ0v) is 12.1. The van der Waals surface area contributed by atoms with Gasteiger partial charge in [0.05, 0.1) is 6.61 Å². The molecule has 2 heteroatoms. The molecule has 20 heavy (non-hydrogen) atoms. The second-order valence-electron chi connectivity index (χ2n) is 5.59. The summed E-state index contributed by atoms with van der Waals surface area (Å²) in [4.78, 5) is 0. The molecule has 3 rings (SSSR count). The Morgan fingerprint density at radius 1 is 1.15 bits per heavy atom. The van der Waals surface area contributed by atoms with E-state index < -0.39 is 0 Å². The first-order valence-electron chi connectivity index (χ1n) is 7.25. The number of hydrogen-bond donors (Lipinski definition) is 1. The van der Waals surface area contributed by atoms with Crippen LogP contribution in [0.4, 0.5) is 0 Å². The molecule has 2 aromatic rings. The van der Waals surface area contributed by atoms with Crippen LogP contribution in [0, 0.1) is 6.92 Å². The number of rotatable bonds is 4. The molecular formula is C18H21NO. The van der Waals surface area contributed by atoms with Crippen LogP contribution in [0.5, 0.6) is 5.75 Å². The molecule has 0 aromatic heterocycles. The van der Waals surface area contributed by atoms with E-state index in [2.05, 4.69) is 61.6 Å². The van der Waals surface area contributed by atoms with E-state index in [0.717, 1.165) is 18.9 Å². The molecule has 0 saturated heterocycles. The molecule has 1 aliphatic rings. The fourth-order valence-electron chi connectivity index (χ4n) is 2.69. The summed E-state index contributed by atoms with van der Waals surface area (Å²) in [6, 6.07) is 17.4. The first kappa shape index (κ1) is 13.2. The van der Waals surface area contributed by atoms with Gasteiger partial charge in [-0.05, 0) is 25.5 Å². The molecule has 0 aliphatic carbocycles. The Labute approximate surface area is 120 Å². The van der Waals surface area contributed by atoms with Gasteiger partial charge in [0.2, 0.25) is 0 Å². The Morgan fingerprint density at radius 3 is 2.70 bits per heavy atom. The first-order chi connectivity index (χ1) is 9.74. The minimum absolute atomic E-state index is 0.364. The van der Waals surface area contributed by atoms with Crippen LogP contribution in [0.1, 0.15) is 35.6 Å². The van der Waals surface area contributed by atoms with Crippen LogP contribution in [0.3, 0.4) is 0 Å². The Morgan fingerprint density at radius 2 is 1.90 bits per heavy atom. The van der Waals surface area contributed by atoms with Crippen LogP contribution in [0.2, 0.25) is 0 Å². The Hall–Kier alpha value is -1.80. The van der Waals surface area contributed by atoms with E-state index in [0.29, 0.717) is 12.0 Å². The SMILES string of the molecule is Cc1ccc([C@@H](C)NCC2COc3ccccc32)cc1. The lowest BCUT2D eigenvalue weighted by Gasteiger charge is -2.17. The van der Waals surface area contributed by atoms with E-state index >= 15 is 0 Å². The lowest BCUT2D eigenvalue weighted by molar-refractivity contribution is 0.323. The van der Waals surface area contributed by atoms with E-state index in [1.807, 2.05) is 6.07 Å². The third kappa shape index (κ3) is 2.70. The predicted molar refractivity (Wildman–Crippen MR) is 82.3 cm³/mol. The monoisotopic (exact) mass is 267 g/mol. The van der Waals surface area contributed by atoms with Crippen molar-refractivity contribution in [2.75, 3.05) is 13.2 Å². The van der Waals surface area contributed by atoms with Crippen molar-refractivity contribution in [1.29, 1.82) is 0 Å². The fraction of sp³-hybridized carbons (Fsp3) is 0.333. The maximum atomic E-state index is 5.72. The Bertz CT molecular complexity index is 576. The van der Waals surface area contributed by atoms with Gasteiger partial charge in [0.25, 0.3) is 0 Å². The van der Waals surface area contributed by atoms with E-state index in [1.165, 1.54) is 16.7 Å². The molecule has 0 spiro atoms. The normalized spacial score (nSPS) is 18.4. The third-order valence-corrected chi connectivity index (χ3v) is 4.05. The van der Waals surface area contributed by atoms with Crippen molar-refractivity contribution in [1.82, 2.24) is 5.32 Å². The predicted octanol–water partition coefficient (Wildman–Crippen LogP) is 3.82. The van der Waals surface area contributed by atoms with Crippen LogP contribution in [-0.4, -0.2) is 13.2 Å². The number of hydrogen-bond acceptors (Lipinski definition) is 2. The lowest BCUT2D eigenvalue weighted by atomic mass is 10.00. The highest BCUT2D eigenvalue weighted by Crippen LogP contribution is 2.33. The molecule has 0 bridgehead atoms. The summed E-state index contributed by atoms with van der Waals surface area (Å²) in [5.41, 5.74) is 3.97. The lowest BCUT2D eigenvalue weighted by Crippen LogP contribution is -2.25. The number of fused-ring (bicyclic) bond motifs is 1. The summed E-state index contributed by atoms with van der Waals surface area (Å²) < 4.78 is 5.72. The van der Waals surface area contributed by atoms with Crippen LogP contribution in [0.15, 0.2) is 48.5 Å². The van der Waals surface area contributed by atoms with Crippen LogP contribution < -0.4 is 10.1 Å². The first-order valence-corrected chi connectivity index (χ1v) is 7.25. The van der Waals surface area contributed by atoms with Crippen molar-refractivity contribution >= 4 is 0 Å².